The SMILES string of the molecule is N#Cc1c(NC(=O)[C@@H]2C[C@@H](F)CN2C(=O)O)cccc1OC(F)(F)F. The third-order valence-electron chi connectivity index (χ3n) is 3.42. The maximum atomic E-state index is 13.4. The van der Waals surface area contributed by atoms with Crippen LogP contribution in [0.5, 0.6) is 5.75 Å². The van der Waals surface area contributed by atoms with Crippen molar-refractivity contribution >= 4 is 17.7 Å². The molecule has 1 aliphatic rings. The van der Waals surface area contributed by atoms with Crippen LogP contribution in [0.3, 0.4) is 0 Å². The minimum atomic E-state index is -5.04. The van der Waals surface area contributed by atoms with Crippen molar-refractivity contribution in [2.45, 2.75) is 25.0 Å². The van der Waals surface area contributed by atoms with E-state index >= 15 is 0 Å². The molecule has 7 nitrogen and oxygen atoms in total. The zero-order valence-corrected chi connectivity index (χ0v) is 12.4. The second kappa shape index (κ2) is 6.84. The number of carboxylic acid groups (broad SMARTS) is 1. The summed E-state index contributed by atoms with van der Waals surface area (Å²) in [5.74, 6) is -1.78. The highest BCUT2D eigenvalue weighted by atomic mass is 19.4. The fraction of sp³-hybridized carbons (Fsp3) is 0.357. The second-order valence-corrected chi connectivity index (χ2v) is 5.11. The molecule has 11 heteroatoms. The van der Waals surface area contributed by atoms with Crippen molar-refractivity contribution in [2.24, 2.45) is 0 Å². The van der Waals surface area contributed by atoms with E-state index in [-0.39, 0.29) is 5.69 Å². The molecule has 0 spiro atoms. The zero-order chi connectivity index (χ0) is 18.8. The van der Waals surface area contributed by atoms with Crippen molar-refractivity contribution in [3.8, 4) is 11.8 Å². The number of hydrogen-bond acceptors (Lipinski definition) is 4. The van der Waals surface area contributed by atoms with Crippen LogP contribution in [0.25, 0.3) is 0 Å². The lowest BCUT2D eigenvalue weighted by molar-refractivity contribution is -0.274. The van der Waals surface area contributed by atoms with Gasteiger partial charge in [-0.2, -0.15) is 5.26 Å². The highest BCUT2D eigenvalue weighted by Crippen LogP contribution is 2.31. The largest absolute Gasteiger partial charge is 0.573 e. The molecule has 2 rings (SSSR count). The van der Waals surface area contributed by atoms with Gasteiger partial charge in [0.05, 0.1) is 12.2 Å². The number of nitrogens with one attached hydrogen (secondary N) is 1. The van der Waals surface area contributed by atoms with E-state index in [1.54, 1.807) is 0 Å². The number of amides is 2. The van der Waals surface area contributed by atoms with Crippen LogP contribution in [0.4, 0.5) is 28.0 Å². The molecule has 134 valence electrons. The number of likely N-dealkylation sites (tertiary alicyclic amines) is 1. The number of rotatable bonds is 3. The van der Waals surface area contributed by atoms with Crippen molar-refractivity contribution in [1.29, 1.82) is 5.26 Å². The summed E-state index contributed by atoms with van der Waals surface area (Å²) in [5, 5.41) is 20.2. The number of anilines is 1. The topological polar surface area (TPSA) is 103 Å². The Balaban J connectivity index is 2.25. The highest BCUT2D eigenvalue weighted by molar-refractivity contribution is 5.98. The van der Waals surface area contributed by atoms with E-state index in [1.807, 2.05) is 0 Å². The summed E-state index contributed by atoms with van der Waals surface area (Å²) in [7, 11) is 0. The van der Waals surface area contributed by atoms with E-state index < -0.39 is 54.9 Å². The molecule has 0 bridgehead atoms. The fourth-order valence-electron chi connectivity index (χ4n) is 2.42. The van der Waals surface area contributed by atoms with Crippen LogP contribution in [-0.4, -0.2) is 47.1 Å². The first-order chi connectivity index (χ1) is 11.6. The molecule has 1 aromatic rings. The standard InChI is InChI=1S/C14H11F4N3O4/c15-7-4-10(21(6-7)13(23)24)12(22)20-9-2-1-3-11(8(9)5-19)25-14(16,17)18/h1-3,7,10H,4,6H2,(H,20,22)(H,23,24)/t7-,10+/m1/s1. The fourth-order valence-corrected chi connectivity index (χ4v) is 2.42. The predicted molar refractivity (Wildman–Crippen MR) is 74.5 cm³/mol. The van der Waals surface area contributed by atoms with Gasteiger partial charge >= 0.3 is 12.5 Å². The Labute approximate surface area is 138 Å². The van der Waals surface area contributed by atoms with Crippen LogP contribution >= 0.6 is 0 Å². The van der Waals surface area contributed by atoms with Crippen LogP contribution in [0.2, 0.25) is 0 Å². The predicted octanol–water partition coefficient (Wildman–Crippen LogP) is 2.49. The van der Waals surface area contributed by atoms with Crippen molar-refractivity contribution < 1.29 is 37.0 Å². The van der Waals surface area contributed by atoms with Crippen molar-refractivity contribution in [3.63, 3.8) is 0 Å². The van der Waals surface area contributed by atoms with Crippen molar-refractivity contribution in [1.82, 2.24) is 4.90 Å². The van der Waals surface area contributed by atoms with Gasteiger partial charge in [0, 0.05) is 6.42 Å². The van der Waals surface area contributed by atoms with Gasteiger partial charge in [-0.1, -0.05) is 6.07 Å². The first-order valence-corrected chi connectivity index (χ1v) is 6.85. The number of nitriles is 1. The first-order valence-electron chi connectivity index (χ1n) is 6.85. The Morgan fingerprint density at radius 2 is 2.08 bits per heavy atom. The average Bonchev–Trinajstić information content (AvgIpc) is 2.88. The van der Waals surface area contributed by atoms with E-state index in [0.717, 1.165) is 18.2 Å². The van der Waals surface area contributed by atoms with Crippen LogP contribution < -0.4 is 10.1 Å². The molecule has 2 amide bonds. The molecular formula is C14H11F4N3O4. The zero-order valence-electron chi connectivity index (χ0n) is 12.4. The van der Waals surface area contributed by atoms with Crippen LogP contribution in [-0.2, 0) is 4.79 Å². The molecular weight excluding hydrogens is 350 g/mol. The highest BCUT2D eigenvalue weighted by Gasteiger charge is 2.40. The summed E-state index contributed by atoms with van der Waals surface area (Å²) in [4.78, 5) is 23.8. The van der Waals surface area contributed by atoms with E-state index in [0.29, 0.717) is 4.90 Å². The van der Waals surface area contributed by atoms with Crippen molar-refractivity contribution in [3.05, 3.63) is 23.8 Å². The normalized spacial score (nSPS) is 20.0. The Kier molecular flexibility index (Phi) is 5.01. The minimum Gasteiger partial charge on any atom is -0.465 e. The van der Waals surface area contributed by atoms with E-state index in [1.165, 1.54) is 6.07 Å². The third-order valence-corrected chi connectivity index (χ3v) is 3.42. The number of hydrogen-bond donors (Lipinski definition) is 2. The molecule has 0 unspecified atom stereocenters. The van der Waals surface area contributed by atoms with Gasteiger partial charge in [0.1, 0.15) is 29.6 Å². The van der Waals surface area contributed by atoms with Gasteiger partial charge in [0.2, 0.25) is 5.91 Å². The first kappa shape index (κ1) is 18.3. The van der Waals surface area contributed by atoms with Crippen LogP contribution in [0, 0.1) is 11.3 Å². The number of alkyl halides is 4. The molecule has 0 saturated carbocycles. The minimum absolute atomic E-state index is 0.304. The lowest BCUT2D eigenvalue weighted by Gasteiger charge is -2.21. The molecule has 25 heavy (non-hydrogen) atoms. The molecule has 0 aromatic heterocycles. The van der Waals surface area contributed by atoms with Gasteiger partial charge in [-0.3, -0.25) is 9.69 Å². The Morgan fingerprint density at radius 1 is 1.40 bits per heavy atom. The maximum Gasteiger partial charge on any atom is 0.573 e. The van der Waals surface area contributed by atoms with Crippen LogP contribution in [0.1, 0.15) is 12.0 Å². The lowest BCUT2D eigenvalue weighted by Crippen LogP contribution is -2.42. The number of nitrogens with zero attached hydrogens (tertiary/aromatic N) is 2. The van der Waals surface area contributed by atoms with Gasteiger partial charge in [0.25, 0.3) is 0 Å². The van der Waals surface area contributed by atoms with E-state index in [9.17, 15) is 27.2 Å². The van der Waals surface area contributed by atoms with Gasteiger partial charge < -0.3 is 15.2 Å². The summed E-state index contributed by atoms with van der Waals surface area (Å²) < 4.78 is 54.2. The molecule has 1 aromatic carbocycles. The molecule has 0 aliphatic carbocycles. The molecule has 0 radical (unpaired) electrons. The number of ether oxygens (including phenoxy) is 1. The molecule has 1 aliphatic heterocycles. The van der Waals surface area contributed by atoms with E-state index in [2.05, 4.69) is 10.1 Å². The Hall–Kier alpha value is -3.03. The second-order valence-electron chi connectivity index (χ2n) is 5.11. The molecule has 2 atom stereocenters. The molecule has 2 N–H and O–H groups in total. The smallest absolute Gasteiger partial charge is 0.465 e. The Bertz CT molecular complexity index is 732. The number of carbonyl (C=O) groups is 2. The summed E-state index contributed by atoms with van der Waals surface area (Å²) >= 11 is 0. The van der Waals surface area contributed by atoms with Gasteiger partial charge in [-0.15, -0.1) is 13.2 Å². The number of halogens is 4. The summed E-state index contributed by atoms with van der Waals surface area (Å²) in [5.41, 5.74) is -0.897. The Morgan fingerprint density at radius 3 is 2.64 bits per heavy atom. The summed E-state index contributed by atoms with van der Waals surface area (Å²) in [6.45, 7) is -0.490. The summed E-state index contributed by atoms with van der Waals surface area (Å²) in [6.07, 6.45) is -8.47. The van der Waals surface area contributed by atoms with Gasteiger partial charge in [0.15, 0.2) is 0 Å². The molecule has 1 heterocycles. The quantitative estimate of drug-likeness (QED) is 0.806. The number of benzene rings is 1. The third kappa shape index (κ3) is 4.28. The maximum absolute atomic E-state index is 13.4. The van der Waals surface area contributed by atoms with E-state index in [4.69, 9.17) is 10.4 Å². The summed E-state index contributed by atoms with van der Waals surface area (Å²) in [6, 6.07) is 3.27. The monoisotopic (exact) mass is 361 g/mol. The molecule has 1 saturated heterocycles. The number of carbonyl (C=O) groups excluding carboxylic acids is 1. The molecule has 1 fully saturated rings. The van der Waals surface area contributed by atoms with Gasteiger partial charge in [-0.25, -0.2) is 9.18 Å². The average molecular weight is 361 g/mol. The lowest BCUT2D eigenvalue weighted by atomic mass is 10.1. The van der Waals surface area contributed by atoms with Gasteiger partial charge in [-0.05, 0) is 12.1 Å². The van der Waals surface area contributed by atoms with Crippen LogP contribution in [0.15, 0.2) is 18.2 Å². The van der Waals surface area contributed by atoms with Crippen molar-refractivity contribution in [2.75, 3.05) is 11.9 Å².